The molecule has 1 fully saturated rings. The molecule has 1 saturated heterocycles. The van der Waals surface area contributed by atoms with Crippen LogP contribution in [-0.4, -0.2) is 34.8 Å². The number of aryl methyl sites for hydroxylation is 1. The van der Waals surface area contributed by atoms with Crippen LogP contribution in [0, 0.1) is 5.82 Å². The third kappa shape index (κ3) is 6.14. The minimum atomic E-state index is -0.260. The zero-order valence-electron chi connectivity index (χ0n) is 20.5. The summed E-state index contributed by atoms with van der Waals surface area (Å²) in [5.74, 6) is -0.170. The number of nitrogens with zero attached hydrogens (tertiary/aromatic N) is 2. The van der Waals surface area contributed by atoms with E-state index in [4.69, 9.17) is 0 Å². The second-order valence-electron chi connectivity index (χ2n) is 10.1. The van der Waals surface area contributed by atoms with E-state index in [1.165, 1.54) is 17.4 Å². The van der Waals surface area contributed by atoms with E-state index in [0.717, 1.165) is 29.1 Å². The van der Waals surface area contributed by atoms with Crippen LogP contribution in [0.3, 0.4) is 0 Å². The third-order valence-electron chi connectivity index (χ3n) is 6.50. The van der Waals surface area contributed by atoms with Crippen molar-refractivity contribution in [2.24, 2.45) is 0 Å². The lowest BCUT2D eigenvalue weighted by Gasteiger charge is -2.31. The fourth-order valence-electron chi connectivity index (χ4n) is 4.49. The number of hydrogen-bond acceptors (Lipinski definition) is 4. The summed E-state index contributed by atoms with van der Waals surface area (Å²) < 4.78 is 13.8. The molecule has 0 unspecified atom stereocenters. The molecule has 1 aliphatic heterocycles. The summed E-state index contributed by atoms with van der Waals surface area (Å²) in [5.41, 5.74) is 2.81. The van der Waals surface area contributed by atoms with Crippen molar-refractivity contribution in [1.82, 2.24) is 9.88 Å². The number of nitrogens with one attached hydrogen (secondary N) is 1. The van der Waals surface area contributed by atoms with Gasteiger partial charge in [-0.1, -0.05) is 57.2 Å². The topological polar surface area (TPSA) is 62.3 Å². The highest BCUT2D eigenvalue weighted by atomic mass is 32.1. The van der Waals surface area contributed by atoms with E-state index in [1.807, 2.05) is 34.5 Å². The number of aromatic nitrogens is 1. The van der Waals surface area contributed by atoms with Crippen molar-refractivity contribution in [2.45, 2.75) is 57.8 Å². The predicted molar refractivity (Wildman–Crippen MR) is 138 cm³/mol. The number of para-hydroxylation sites is 1. The molecule has 2 amide bonds. The van der Waals surface area contributed by atoms with E-state index < -0.39 is 0 Å². The molecule has 1 aromatic heterocycles. The van der Waals surface area contributed by atoms with Gasteiger partial charge in [-0.2, -0.15) is 0 Å². The third-order valence-corrected chi connectivity index (χ3v) is 7.51. The van der Waals surface area contributed by atoms with Crippen LogP contribution < -0.4 is 5.32 Å². The lowest BCUT2D eigenvalue weighted by Crippen LogP contribution is -2.38. The molecule has 4 rings (SSSR count). The van der Waals surface area contributed by atoms with Gasteiger partial charge in [0.2, 0.25) is 5.91 Å². The molecule has 0 bridgehead atoms. The zero-order valence-corrected chi connectivity index (χ0v) is 21.3. The number of rotatable bonds is 6. The van der Waals surface area contributed by atoms with E-state index in [0.29, 0.717) is 37.2 Å². The predicted octanol–water partition coefficient (Wildman–Crippen LogP) is 6.17. The van der Waals surface area contributed by atoms with Gasteiger partial charge in [-0.3, -0.25) is 9.59 Å². The monoisotopic (exact) mass is 493 g/mol. The van der Waals surface area contributed by atoms with Crippen LogP contribution >= 0.6 is 11.3 Å². The van der Waals surface area contributed by atoms with Gasteiger partial charge in [-0.15, -0.1) is 11.3 Å². The summed E-state index contributed by atoms with van der Waals surface area (Å²) >= 11 is 1.51. The van der Waals surface area contributed by atoms with Crippen LogP contribution in [0.5, 0.6) is 0 Å². The van der Waals surface area contributed by atoms with Crippen molar-refractivity contribution < 1.29 is 14.0 Å². The molecule has 184 valence electrons. The second kappa shape index (κ2) is 10.7. The highest BCUT2D eigenvalue weighted by Crippen LogP contribution is 2.32. The van der Waals surface area contributed by atoms with Gasteiger partial charge in [0.25, 0.3) is 5.91 Å². The minimum Gasteiger partial charge on any atom is -0.343 e. The standard InChI is InChI=1S/C28H32FN3O2S/c1-28(2,3)21-9-5-7-11-23(21)30-26(34)24-18-35-27(31-24)20-14-16-32(17-15-20)25(33)13-12-19-8-4-6-10-22(19)29/h4-11,18,20H,12-17H2,1-3H3,(H,30,34). The number of carbonyl (C=O) groups excluding carboxylic acids is 2. The van der Waals surface area contributed by atoms with Crippen molar-refractivity contribution in [3.8, 4) is 0 Å². The van der Waals surface area contributed by atoms with Crippen molar-refractivity contribution in [2.75, 3.05) is 18.4 Å². The van der Waals surface area contributed by atoms with Gasteiger partial charge in [0.05, 0.1) is 5.01 Å². The Bertz CT molecular complexity index is 1190. The summed E-state index contributed by atoms with van der Waals surface area (Å²) in [4.78, 5) is 32.0. The summed E-state index contributed by atoms with van der Waals surface area (Å²) in [6.45, 7) is 7.67. The summed E-state index contributed by atoms with van der Waals surface area (Å²) in [6, 6.07) is 14.5. The maximum absolute atomic E-state index is 13.8. The zero-order chi connectivity index (χ0) is 25.0. The van der Waals surface area contributed by atoms with Crippen LogP contribution in [-0.2, 0) is 16.6 Å². The Morgan fingerprint density at radius 2 is 1.77 bits per heavy atom. The number of anilines is 1. The molecule has 2 heterocycles. The Morgan fingerprint density at radius 3 is 2.49 bits per heavy atom. The molecule has 0 spiro atoms. The van der Waals surface area contributed by atoms with Gasteiger partial charge < -0.3 is 10.2 Å². The van der Waals surface area contributed by atoms with Gasteiger partial charge in [0.1, 0.15) is 11.5 Å². The highest BCUT2D eigenvalue weighted by Gasteiger charge is 2.27. The molecule has 0 aliphatic carbocycles. The molecular weight excluding hydrogens is 461 g/mol. The first-order valence-electron chi connectivity index (χ1n) is 12.1. The average Bonchev–Trinajstić information content (AvgIpc) is 3.34. The van der Waals surface area contributed by atoms with Crippen molar-refractivity contribution in [1.29, 1.82) is 0 Å². The molecule has 0 saturated carbocycles. The number of halogens is 1. The van der Waals surface area contributed by atoms with E-state index >= 15 is 0 Å². The van der Waals surface area contributed by atoms with Crippen molar-refractivity contribution in [3.63, 3.8) is 0 Å². The van der Waals surface area contributed by atoms with Crippen LogP contribution in [0.1, 0.15) is 72.6 Å². The number of benzene rings is 2. The lowest BCUT2D eigenvalue weighted by atomic mass is 9.86. The Kier molecular flexibility index (Phi) is 7.65. The quantitative estimate of drug-likeness (QED) is 0.447. The minimum absolute atomic E-state index is 0.0587. The van der Waals surface area contributed by atoms with Gasteiger partial charge in [0, 0.05) is 36.5 Å². The largest absolute Gasteiger partial charge is 0.343 e. The van der Waals surface area contributed by atoms with Crippen LogP contribution in [0.25, 0.3) is 0 Å². The molecule has 3 aromatic rings. The fraction of sp³-hybridized carbons (Fsp3) is 0.393. The first-order valence-corrected chi connectivity index (χ1v) is 13.0. The molecule has 0 radical (unpaired) electrons. The second-order valence-corrected chi connectivity index (χ2v) is 11.0. The number of likely N-dealkylation sites (tertiary alicyclic amines) is 1. The first-order chi connectivity index (χ1) is 16.7. The molecule has 1 N–H and O–H groups in total. The van der Waals surface area contributed by atoms with Gasteiger partial charge >= 0.3 is 0 Å². The average molecular weight is 494 g/mol. The van der Waals surface area contributed by atoms with Crippen LogP contribution in [0.15, 0.2) is 53.9 Å². The fourth-order valence-corrected chi connectivity index (χ4v) is 5.46. The number of piperidine rings is 1. The number of thiazole rings is 1. The Balaban J connectivity index is 1.31. The molecule has 0 atom stereocenters. The number of carbonyl (C=O) groups is 2. The molecule has 7 heteroatoms. The Labute approximate surface area is 210 Å². The summed E-state index contributed by atoms with van der Waals surface area (Å²) in [5, 5.41) is 5.79. The van der Waals surface area contributed by atoms with Gasteiger partial charge in [0.15, 0.2) is 0 Å². The number of hydrogen-bond donors (Lipinski definition) is 1. The highest BCUT2D eigenvalue weighted by molar-refractivity contribution is 7.10. The molecular formula is C28H32FN3O2S. The smallest absolute Gasteiger partial charge is 0.275 e. The van der Waals surface area contributed by atoms with Gasteiger partial charge in [-0.25, -0.2) is 9.37 Å². The van der Waals surface area contributed by atoms with E-state index in [-0.39, 0.29) is 29.0 Å². The molecule has 5 nitrogen and oxygen atoms in total. The Morgan fingerprint density at radius 1 is 1.09 bits per heavy atom. The van der Waals surface area contributed by atoms with Crippen LogP contribution in [0.2, 0.25) is 0 Å². The Hall–Kier alpha value is -3.06. The van der Waals surface area contributed by atoms with Crippen molar-refractivity contribution >= 4 is 28.8 Å². The maximum atomic E-state index is 13.8. The van der Waals surface area contributed by atoms with E-state index in [2.05, 4.69) is 31.1 Å². The van der Waals surface area contributed by atoms with E-state index in [9.17, 15) is 14.0 Å². The molecule has 35 heavy (non-hydrogen) atoms. The summed E-state index contributed by atoms with van der Waals surface area (Å²) in [7, 11) is 0. The SMILES string of the molecule is CC(C)(C)c1ccccc1NC(=O)c1csc(C2CCN(C(=O)CCc3ccccc3F)CC2)n1. The van der Waals surface area contributed by atoms with Crippen molar-refractivity contribution in [3.05, 3.63) is 81.6 Å². The first kappa shape index (κ1) is 25.0. The molecule has 2 aromatic carbocycles. The summed E-state index contributed by atoms with van der Waals surface area (Å²) in [6.07, 6.45) is 2.34. The number of amides is 2. The van der Waals surface area contributed by atoms with Crippen LogP contribution in [0.4, 0.5) is 10.1 Å². The maximum Gasteiger partial charge on any atom is 0.275 e. The normalized spacial score (nSPS) is 14.7. The lowest BCUT2D eigenvalue weighted by molar-refractivity contribution is -0.132. The molecule has 1 aliphatic rings. The van der Waals surface area contributed by atoms with Gasteiger partial charge in [-0.05, 0) is 47.9 Å². The van der Waals surface area contributed by atoms with E-state index in [1.54, 1.807) is 18.2 Å².